The molecule has 0 aliphatic rings. The average molecular weight is 489 g/mol. The van der Waals surface area contributed by atoms with Crippen LogP contribution >= 0.6 is 11.6 Å². The molecule has 0 bridgehead atoms. The van der Waals surface area contributed by atoms with Gasteiger partial charge in [0.15, 0.2) is 5.82 Å². The second-order valence-electron chi connectivity index (χ2n) is 9.15. The molecule has 8 nitrogen and oxygen atoms in total. The van der Waals surface area contributed by atoms with E-state index in [-0.39, 0.29) is 18.3 Å². The number of nitro groups is 1. The summed E-state index contributed by atoms with van der Waals surface area (Å²) >= 11 is 6.60. The third kappa shape index (κ3) is 6.40. The van der Waals surface area contributed by atoms with E-state index in [1.807, 2.05) is 13.0 Å². The fourth-order valence-corrected chi connectivity index (χ4v) is 4.34. The van der Waals surface area contributed by atoms with Crippen molar-refractivity contribution >= 4 is 48.0 Å². The number of carbonyl (C=O) groups is 1. The molecule has 3 rings (SSSR count). The second-order valence-corrected chi connectivity index (χ2v) is 15.2. The van der Waals surface area contributed by atoms with Crippen LogP contribution in [-0.4, -0.2) is 35.3 Å². The molecular weight excluding hydrogens is 460 g/mol. The zero-order valence-corrected chi connectivity index (χ0v) is 21.1. The molecule has 0 spiro atoms. The van der Waals surface area contributed by atoms with E-state index in [0.717, 1.165) is 28.9 Å². The zero-order valence-electron chi connectivity index (χ0n) is 19.4. The third-order valence-electron chi connectivity index (χ3n) is 5.17. The Bertz CT molecular complexity index is 1160. The molecule has 0 aliphatic carbocycles. The summed E-state index contributed by atoms with van der Waals surface area (Å²) < 4.78 is 7.58. The molecule has 1 amide bonds. The number of hydrogen-bond donors (Lipinski definition) is 1. The number of benzene rings is 2. The molecule has 0 saturated heterocycles. The first-order valence-corrected chi connectivity index (χ1v) is 15.0. The first kappa shape index (κ1) is 24.9. The standard InChI is InChI=1S/C23H29ClN4O4Si/c1-5-6-22(29)25-23-19-13-18(16-7-9-17(10-8-16)28(30)31)20(24)14-21(19)27(26-23)15-32-11-12-33(2,3)4/h7-10,13-14H,5-6,11-12,15H2,1-4H3,(H,25,26,29). The van der Waals surface area contributed by atoms with Crippen LogP contribution in [0.3, 0.4) is 0 Å². The van der Waals surface area contributed by atoms with Gasteiger partial charge in [0.2, 0.25) is 5.91 Å². The fraction of sp³-hybridized carbons (Fsp3) is 0.391. The first-order chi connectivity index (χ1) is 15.6. The van der Waals surface area contributed by atoms with Crippen LogP contribution in [0, 0.1) is 10.1 Å². The molecule has 1 heterocycles. The third-order valence-corrected chi connectivity index (χ3v) is 7.19. The lowest BCUT2D eigenvalue weighted by Crippen LogP contribution is -2.22. The SMILES string of the molecule is CCCC(=O)Nc1nn(COCC[Si](C)(C)C)c2cc(Cl)c(-c3ccc([N+](=O)[O-])cc3)cc12. The lowest BCUT2D eigenvalue weighted by atomic mass is 10.0. The Hall–Kier alpha value is -2.75. The van der Waals surface area contributed by atoms with Gasteiger partial charge in [-0.05, 0) is 42.3 Å². The highest BCUT2D eigenvalue weighted by Crippen LogP contribution is 2.36. The van der Waals surface area contributed by atoms with Crippen LogP contribution in [0.5, 0.6) is 0 Å². The molecule has 2 aromatic carbocycles. The molecular formula is C23H29ClN4O4Si. The molecule has 0 radical (unpaired) electrons. The van der Waals surface area contributed by atoms with Gasteiger partial charge in [-0.25, -0.2) is 4.68 Å². The smallest absolute Gasteiger partial charge is 0.269 e. The van der Waals surface area contributed by atoms with Crippen molar-refractivity contribution in [2.75, 3.05) is 11.9 Å². The molecule has 0 unspecified atom stereocenters. The summed E-state index contributed by atoms with van der Waals surface area (Å²) in [5, 5.41) is 19.7. The summed E-state index contributed by atoms with van der Waals surface area (Å²) in [4.78, 5) is 22.8. The van der Waals surface area contributed by atoms with Crippen LogP contribution in [-0.2, 0) is 16.3 Å². The average Bonchev–Trinajstić information content (AvgIpc) is 3.06. The van der Waals surface area contributed by atoms with Crippen molar-refractivity contribution in [3.05, 3.63) is 51.5 Å². The molecule has 176 valence electrons. The number of amides is 1. The molecule has 1 N–H and O–H groups in total. The summed E-state index contributed by atoms with van der Waals surface area (Å²) in [6.07, 6.45) is 1.12. The number of aromatic nitrogens is 2. The van der Waals surface area contributed by atoms with Crippen molar-refractivity contribution in [3.63, 3.8) is 0 Å². The number of nitrogens with zero attached hydrogens (tertiary/aromatic N) is 3. The van der Waals surface area contributed by atoms with Crippen LogP contribution in [0.15, 0.2) is 36.4 Å². The number of hydrogen-bond acceptors (Lipinski definition) is 5. The van der Waals surface area contributed by atoms with E-state index in [4.69, 9.17) is 16.3 Å². The Morgan fingerprint density at radius 1 is 1.24 bits per heavy atom. The minimum absolute atomic E-state index is 0.00625. The summed E-state index contributed by atoms with van der Waals surface area (Å²) in [6, 6.07) is 10.9. The fourth-order valence-electron chi connectivity index (χ4n) is 3.32. The largest absolute Gasteiger partial charge is 0.360 e. The number of nitrogens with one attached hydrogen (secondary N) is 1. The minimum atomic E-state index is -1.21. The quantitative estimate of drug-likeness (QED) is 0.156. The number of halogens is 1. The van der Waals surface area contributed by atoms with E-state index < -0.39 is 13.0 Å². The number of ether oxygens (including phenoxy) is 1. The highest BCUT2D eigenvalue weighted by molar-refractivity contribution is 6.76. The van der Waals surface area contributed by atoms with E-state index in [0.29, 0.717) is 29.4 Å². The monoisotopic (exact) mass is 488 g/mol. The maximum atomic E-state index is 12.3. The van der Waals surface area contributed by atoms with Crippen molar-refractivity contribution < 1.29 is 14.5 Å². The van der Waals surface area contributed by atoms with E-state index in [2.05, 4.69) is 30.1 Å². The highest BCUT2D eigenvalue weighted by atomic mass is 35.5. The van der Waals surface area contributed by atoms with Crippen molar-refractivity contribution in [1.82, 2.24) is 9.78 Å². The summed E-state index contributed by atoms with van der Waals surface area (Å²) in [5.41, 5.74) is 2.18. The molecule has 10 heteroatoms. The van der Waals surface area contributed by atoms with E-state index in [1.165, 1.54) is 12.1 Å². The van der Waals surface area contributed by atoms with E-state index in [9.17, 15) is 14.9 Å². The molecule has 0 aliphatic heterocycles. The molecule has 3 aromatic rings. The van der Waals surface area contributed by atoms with Gasteiger partial charge >= 0.3 is 0 Å². The number of anilines is 1. The first-order valence-electron chi connectivity index (χ1n) is 10.9. The van der Waals surface area contributed by atoms with Crippen LogP contribution in [0.1, 0.15) is 19.8 Å². The Morgan fingerprint density at radius 2 is 1.94 bits per heavy atom. The van der Waals surface area contributed by atoms with Crippen molar-refractivity contribution in [2.45, 2.75) is 52.2 Å². The molecule has 0 saturated carbocycles. The lowest BCUT2D eigenvalue weighted by molar-refractivity contribution is -0.384. The normalized spacial score (nSPS) is 11.7. The van der Waals surface area contributed by atoms with Gasteiger partial charge < -0.3 is 10.1 Å². The van der Waals surface area contributed by atoms with Crippen molar-refractivity contribution in [1.29, 1.82) is 0 Å². The summed E-state index contributed by atoms with van der Waals surface area (Å²) in [7, 11) is -1.21. The summed E-state index contributed by atoms with van der Waals surface area (Å²) in [5.74, 6) is 0.326. The minimum Gasteiger partial charge on any atom is -0.360 e. The molecule has 0 atom stereocenters. The van der Waals surface area contributed by atoms with Crippen LogP contribution in [0.4, 0.5) is 11.5 Å². The van der Waals surface area contributed by atoms with Crippen LogP contribution < -0.4 is 5.32 Å². The van der Waals surface area contributed by atoms with Crippen molar-refractivity contribution in [2.24, 2.45) is 0 Å². The predicted molar refractivity (Wildman–Crippen MR) is 134 cm³/mol. The highest BCUT2D eigenvalue weighted by Gasteiger charge is 2.18. The molecule has 0 fully saturated rings. The Balaban J connectivity index is 1.98. The second kappa shape index (κ2) is 10.5. The van der Waals surface area contributed by atoms with Gasteiger partial charge in [0.25, 0.3) is 5.69 Å². The molecule has 33 heavy (non-hydrogen) atoms. The summed E-state index contributed by atoms with van der Waals surface area (Å²) in [6.45, 7) is 9.71. The Kier molecular flexibility index (Phi) is 7.88. The van der Waals surface area contributed by atoms with Gasteiger partial charge in [-0.2, -0.15) is 5.10 Å². The number of nitro benzene ring substituents is 1. The van der Waals surface area contributed by atoms with Crippen LogP contribution in [0.2, 0.25) is 30.7 Å². The predicted octanol–water partition coefficient (Wildman–Crippen LogP) is 6.32. The zero-order chi connectivity index (χ0) is 24.2. The van der Waals surface area contributed by atoms with Gasteiger partial charge in [0, 0.05) is 44.2 Å². The maximum absolute atomic E-state index is 12.3. The van der Waals surface area contributed by atoms with Gasteiger partial charge in [-0.1, -0.05) is 38.2 Å². The van der Waals surface area contributed by atoms with Gasteiger partial charge in [0.1, 0.15) is 6.73 Å². The number of carbonyl (C=O) groups excluding carboxylic acids is 1. The van der Waals surface area contributed by atoms with E-state index >= 15 is 0 Å². The Morgan fingerprint density at radius 3 is 2.55 bits per heavy atom. The Labute approximate surface area is 199 Å². The lowest BCUT2D eigenvalue weighted by Gasteiger charge is -2.15. The van der Waals surface area contributed by atoms with Gasteiger partial charge in [-0.3, -0.25) is 14.9 Å². The molecule has 1 aromatic heterocycles. The van der Waals surface area contributed by atoms with Gasteiger partial charge in [-0.15, -0.1) is 0 Å². The van der Waals surface area contributed by atoms with Gasteiger partial charge in [0.05, 0.1) is 15.5 Å². The van der Waals surface area contributed by atoms with Crippen molar-refractivity contribution in [3.8, 4) is 11.1 Å². The number of rotatable bonds is 10. The van der Waals surface area contributed by atoms with Crippen LogP contribution in [0.25, 0.3) is 22.0 Å². The van der Waals surface area contributed by atoms with E-state index in [1.54, 1.807) is 22.9 Å². The topological polar surface area (TPSA) is 99.3 Å². The number of fused-ring (bicyclic) bond motifs is 1. The maximum Gasteiger partial charge on any atom is 0.269 e. The number of non-ortho nitro benzene ring substituents is 1.